The van der Waals surface area contributed by atoms with Crippen LogP contribution >= 0.6 is 23.2 Å². The van der Waals surface area contributed by atoms with Gasteiger partial charge >= 0.3 is 0 Å². The number of amides is 1. The van der Waals surface area contributed by atoms with Gasteiger partial charge in [-0.1, -0.05) is 23.2 Å². The highest BCUT2D eigenvalue weighted by Gasteiger charge is 2.15. The molecule has 0 saturated heterocycles. The topological polar surface area (TPSA) is 108 Å². The molecule has 0 aliphatic carbocycles. The normalized spacial score (nSPS) is 10.8. The van der Waals surface area contributed by atoms with Crippen LogP contribution in [0.2, 0.25) is 10.0 Å². The molecule has 0 heterocycles. The first kappa shape index (κ1) is 19.2. The summed E-state index contributed by atoms with van der Waals surface area (Å²) in [5.74, 6) is -0.756. The summed E-state index contributed by atoms with van der Waals surface area (Å²) < 4.78 is 0. The second kappa shape index (κ2) is 8.34. The first-order chi connectivity index (χ1) is 12.3. The van der Waals surface area contributed by atoms with Crippen molar-refractivity contribution in [1.29, 1.82) is 5.26 Å². The molecular formula is C17H12Cl2N4O3. The van der Waals surface area contributed by atoms with E-state index >= 15 is 0 Å². The Bertz CT molecular complexity index is 952. The maximum atomic E-state index is 12.2. The molecule has 9 heteroatoms. The van der Waals surface area contributed by atoms with Crippen LogP contribution in [0.1, 0.15) is 5.56 Å². The van der Waals surface area contributed by atoms with Crippen molar-refractivity contribution in [2.45, 2.75) is 6.92 Å². The van der Waals surface area contributed by atoms with Gasteiger partial charge in [-0.2, -0.15) is 5.26 Å². The highest BCUT2D eigenvalue weighted by molar-refractivity contribution is 6.34. The van der Waals surface area contributed by atoms with Gasteiger partial charge in [-0.3, -0.25) is 14.9 Å². The molecule has 2 rings (SSSR count). The lowest BCUT2D eigenvalue weighted by atomic mass is 10.2. The third-order valence-electron chi connectivity index (χ3n) is 3.33. The molecular weight excluding hydrogens is 379 g/mol. The Morgan fingerprint density at radius 1 is 1.23 bits per heavy atom. The summed E-state index contributed by atoms with van der Waals surface area (Å²) in [6, 6.07) is 10.5. The standard InChI is InChI=1S/C17H12Cl2N4O3/c1-10-6-12(18)2-5-15(10)21-9-11(8-20)17(24)22-16-7-13(23(25)26)3-4-14(16)19/h2-7,9,21H,1H3,(H,22,24)/b11-9-. The summed E-state index contributed by atoms with van der Waals surface area (Å²) >= 11 is 11.8. The highest BCUT2D eigenvalue weighted by Crippen LogP contribution is 2.27. The number of carbonyl (C=O) groups is 1. The molecule has 0 atom stereocenters. The minimum Gasteiger partial charge on any atom is -0.360 e. The van der Waals surface area contributed by atoms with E-state index in [9.17, 15) is 20.2 Å². The first-order valence-corrected chi connectivity index (χ1v) is 7.95. The average Bonchev–Trinajstić information content (AvgIpc) is 2.58. The molecule has 0 aromatic heterocycles. The van der Waals surface area contributed by atoms with Crippen molar-refractivity contribution in [3.63, 3.8) is 0 Å². The molecule has 7 nitrogen and oxygen atoms in total. The van der Waals surface area contributed by atoms with Gasteiger partial charge in [-0.15, -0.1) is 0 Å². The van der Waals surface area contributed by atoms with Gasteiger partial charge in [-0.05, 0) is 36.8 Å². The van der Waals surface area contributed by atoms with E-state index in [-0.39, 0.29) is 22.0 Å². The van der Waals surface area contributed by atoms with Crippen molar-refractivity contribution in [3.05, 3.63) is 73.9 Å². The molecule has 0 bridgehead atoms. The largest absolute Gasteiger partial charge is 0.360 e. The minimum atomic E-state index is -0.756. The summed E-state index contributed by atoms with van der Waals surface area (Å²) in [7, 11) is 0. The van der Waals surface area contributed by atoms with E-state index < -0.39 is 10.8 Å². The number of halogens is 2. The number of nitro groups is 1. The first-order valence-electron chi connectivity index (χ1n) is 7.20. The van der Waals surface area contributed by atoms with E-state index in [0.717, 1.165) is 11.6 Å². The number of benzene rings is 2. The maximum absolute atomic E-state index is 12.2. The van der Waals surface area contributed by atoms with Gasteiger partial charge in [0.25, 0.3) is 11.6 Å². The predicted octanol–water partition coefficient (Wildman–Crippen LogP) is 4.67. The van der Waals surface area contributed by atoms with E-state index in [2.05, 4.69) is 10.6 Å². The zero-order chi connectivity index (χ0) is 19.3. The van der Waals surface area contributed by atoms with E-state index in [0.29, 0.717) is 10.7 Å². The molecule has 0 aliphatic rings. The highest BCUT2D eigenvalue weighted by atomic mass is 35.5. The molecule has 0 aliphatic heterocycles. The fourth-order valence-corrected chi connectivity index (χ4v) is 2.39. The van der Waals surface area contributed by atoms with Crippen LogP contribution in [0.5, 0.6) is 0 Å². The van der Waals surface area contributed by atoms with Gasteiger partial charge in [0.05, 0.1) is 15.6 Å². The molecule has 0 unspecified atom stereocenters. The number of hydrogen-bond donors (Lipinski definition) is 2. The van der Waals surface area contributed by atoms with Gasteiger partial charge in [-0.25, -0.2) is 0 Å². The number of anilines is 2. The second-order valence-corrected chi connectivity index (χ2v) is 5.99. The summed E-state index contributed by atoms with van der Waals surface area (Å²) in [6.07, 6.45) is 1.23. The molecule has 1 amide bonds. The summed E-state index contributed by atoms with van der Waals surface area (Å²) in [5, 5.41) is 25.9. The van der Waals surface area contributed by atoms with Crippen LogP contribution in [0.15, 0.2) is 48.2 Å². The Kier molecular flexibility index (Phi) is 6.17. The van der Waals surface area contributed by atoms with Crippen molar-refractivity contribution in [3.8, 4) is 6.07 Å². The Hall–Kier alpha value is -3.08. The molecule has 0 fully saturated rings. The van der Waals surface area contributed by atoms with Crippen molar-refractivity contribution >= 4 is 46.2 Å². The summed E-state index contributed by atoms with van der Waals surface area (Å²) in [5.41, 5.74) is 1.07. The number of nitro benzene ring substituents is 1. The van der Waals surface area contributed by atoms with E-state index in [1.165, 1.54) is 18.3 Å². The number of nitriles is 1. The minimum absolute atomic E-state index is 0.0368. The van der Waals surface area contributed by atoms with Gasteiger partial charge in [0.2, 0.25) is 0 Å². The number of rotatable bonds is 5. The number of non-ortho nitro benzene ring substituents is 1. The predicted molar refractivity (Wildman–Crippen MR) is 100 cm³/mol. The molecule has 2 aromatic carbocycles. The Morgan fingerprint density at radius 3 is 2.58 bits per heavy atom. The third-order valence-corrected chi connectivity index (χ3v) is 3.90. The molecule has 0 spiro atoms. The molecule has 26 heavy (non-hydrogen) atoms. The molecule has 132 valence electrons. The van der Waals surface area contributed by atoms with Crippen LogP contribution in [0, 0.1) is 28.4 Å². The van der Waals surface area contributed by atoms with Crippen LogP contribution < -0.4 is 10.6 Å². The van der Waals surface area contributed by atoms with Crippen LogP contribution in [0.25, 0.3) is 0 Å². The fraction of sp³-hybridized carbons (Fsp3) is 0.0588. The number of hydrogen-bond acceptors (Lipinski definition) is 5. The molecule has 0 radical (unpaired) electrons. The zero-order valence-corrected chi connectivity index (χ0v) is 14.9. The Labute approximate surface area is 159 Å². The van der Waals surface area contributed by atoms with Crippen molar-refractivity contribution in [1.82, 2.24) is 0 Å². The van der Waals surface area contributed by atoms with Crippen molar-refractivity contribution < 1.29 is 9.72 Å². The van der Waals surface area contributed by atoms with E-state index in [4.69, 9.17) is 23.2 Å². The van der Waals surface area contributed by atoms with Crippen molar-refractivity contribution in [2.24, 2.45) is 0 Å². The fourth-order valence-electron chi connectivity index (χ4n) is 2.00. The number of nitrogens with zero attached hydrogens (tertiary/aromatic N) is 2. The lowest BCUT2D eigenvalue weighted by molar-refractivity contribution is -0.384. The molecule has 2 aromatic rings. The van der Waals surface area contributed by atoms with Gasteiger partial charge < -0.3 is 10.6 Å². The second-order valence-electron chi connectivity index (χ2n) is 5.15. The maximum Gasteiger partial charge on any atom is 0.271 e. The lowest BCUT2D eigenvalue weighted by Gasteiger charge is -2.08. The summed E-state index contributed by atoms with van der Waals surface area (Å²) in [4.78, 5) is 22.5. The Balaban J connectivity index is 2.20. The van der Waals surface area contributed by atoms with Crippen LogP contribution in [-0.2, 0) is 4.79 Å². The van der Waals surface area contributed by atoms with Crippen LogP contribution in [0.3, 0.4) is 0 Å². The number of aryl methyl sites for hydroxylation is 1. The smallest absolute Gasteiger partial charge is 0.271 e. The number of nitrogens with one attached hydrogen (secondary N) is 2. The number of carbonyl (C=O) groups excluding carboxylic acids is 1. The van der Waals surface area contributed by atoms with Crippen LogP contribution in [-0.4, -0.2) is 10.8 Å². The lowest BCUT2D eigenvalue weighted by Crippen LogP contribution is -2.15. The van der Waals surface area contributed by atoms with Gasteiger partial charge in [0, 0.05) is 29.0 Å². The van der Waals surface area contributed by atoms with E-state index in [1.807, 2.05) is 6.92 Å². The van der Waals surface area contributed by atoms with E-state index in [1.54, 1.807) is 24.3 Å². The SMILES string of the molecule is Cc1cc(Cl)ccc1N/C=C(/C#N)C(=O)Nc1cc([N+](=O)[O-])ccc1Cl. The third kappa shape index (κ3) is 4.72. The summed E-state index contributed by atoms with van der Waals surface area (Å²) in [6.45, 7) is 1.82. The van der Waals surface area contributed by atoms with Gasteiger partial charge in [0.1, 0.15) is 11.6 Å². The van der Waals surface area contributed by atoms with Crippen molar-refractivity contribution in [2.75, 3.05) is 10.6 Å². The van der Waals surface area contributed by atoms with Crippen LogP contribution in [0.4, 0.5) is 17.1 Å². The average molecular weight is 391 g/mol. The molecule has 2 N–H and O–H groups in total. The Morgan fingerprint density at radius 2 is 1.96 bits per heavy atom. The van der Waals surface area contributed by atoms with Gasteiger partial charge in [0.15, 0.2) is 0 Å². The quantitative estimate of drug-likeness (QED) is 0.333. The molecule has 0 saturated carbocycles. The monoisotopic (exact) mass is 390 g/mol. The zero-order valence-electron chi connectivity index (χ0n) is 13.4.